The molecule has 1 amide bonds. The lowest BCUT2D eigenvalue weighted by molar-refractivity contribution is -0.208. The number of hydrogen-bond donors (Lipinski definition) is 2. The lowest BCUT2D eigenvalue weighted by Crippen LogP contribution is -2.65. The highest BCUT2D eigenvalue weighted by atomic mass is 16.7. The van der Waals surface area contributed by atoms with Crippen LogP contribution < -0.4 is 5.32 Å². The van der Waals surface area contributed by atoms with E-state index in [4.69, 9.17) is 23.7 Å². The molecule has 1 fully saturated rings. The highest BCUT2D eigenvalue weighted by Gasteiger charge is 2.47. The molecule has 8 nitrogen and oxygen atoms in total. The fraction of sp³-hybridized carbons (Fsp3) is 0.345. The third-order valence-electron chi connectivity index (χ3n) is 6.40. The number of piperidine rings is 1. The minimum atomic E-state index is -1.13. The fourth-order valence-electron chi connectivity index (χ4n) is 4.68. The SMILES string of the molecule is COCO[C@@H]1[C@@H](O)[C@@H](COC(c2ccccc2)(c2ccccc2)c2ccccc2)NC(=O)[C@H]1OCOC. The van der Waals surface area contributed by atoms with Crippen LogP contribution in [0.3, 0.4) is 0 Å². The topological polar surface area (TPSA) is 95.5 Å². The summed E-state index contributed by atoms with van der Waals surface area (Å²) in [5.41, 5.74) is 1.74. The molecule has 0 aromatic heterocycles. The van der Waals surface area contributed by atoms with Gasteiger partial charge in [0.05, 0.1) is 12.6 Å². The molecule has 1 aliphatic rings. The summed E-state index contributed by atoms with van der Waals surface area (Å²) in [4.78, 5) is 13.0. The monoisotopic (exact) mass is 507 g/mol. The number of aliphatic hydroxyl groups is 1. The molecular weight excluding hydrogens is 474 g/mol. The molecule has 196 valence electrons. The van der Waals surface area contributed by atoms with Crippen LogP contribution in [0.4, 0.5) is 0 Å². The summed E-state index contributed by atoms with van der Waals surface area (Å²) in [6, 6.07) is 28.9. The molecule has 0 spiro atoms. The molecule has 2 N–H and O–H groups in total. The van der Waals surface area contributed by atoms with Crippen LogP contribution in [0.25, 0.3) is 0 Å². The maximum absolute atomic E-state index is 13.0. The molecule has 0 radical (unpaired) electrons. The van der Waals surface area contributed by atoms with E-state index in [9.17, 15) is 9.90 Å². The Morgan fingerprint density at radius 3 is 1.68 bits per heavy atom. The number of rotatable bonds is 12. The lowest BCUT2D eigenvalue weighted by atomic mass is 9.80. The Bertz CT molecular complexity index is 1000. The lowest BCUT2D eigenvalue weighted by Gasteiger charge is -2.42. The zero-order valence-electron chi connectivity index (χ0n) is 21.0. The molecule has 8 heteroatoms. The predicted octanol–water partition coefficient (Wildman–Crippen LogP) is 2.83. The summed E-state index contributed by atoms with van der Waals surface area (Å²) < 4.78 is 27.9. The number of hydrogen-bond acceptors (Lipinski definition) is 7. The Labute approximate surface area is 217 Å². The van der Waals surface area contributed by atoms with Crippen LogP contribution in [0.2, 0.25) is 0 Å². The number of ether oxygens (including phenoxy) is 5. The summed E-state index contributed by atoms with van der Waals surface area (Å²) in [5, 5.41) is 14.1. The Kier molecular flexibility index (Phi) is 9.40. The van der Waals surface area contributed by atoms with Gasteiger partial charge in [0.15, 0.2) is 6.10 Å². The quantitative estimate of drug-likeness (QED) is 0.288. The number of aliphatic hydroxyl groups excluding tert-OH is 1. The van der Waals surface area contributed by atoms with Crippen molar-refractivity contribution in [1.29, 1.82) is 0 Å². The van der Waals surface area contributed by atoms with Crippen molar-refractivity contribution < 1.29 is 33.6 Å². The molecule has 0 bridgehead atoms. The van der Waals surface area contributed by atoms with Crippen LogP contribution in [-0.4, -0.2) is 69.8 Å². The van der Waals surface area contributed by atoms with Gasteiger partial charge in [0.2, 0.25) is 0 Å². The van der Waals surface area contributed by atoms with Crippen molar-refractivity contribution in [2.24, 2.45) is 0 Å². The van der Waals surface area contributed by atoms with Gasteiger partial charge in [0.25, 0.3) is 5.91 Å². The first-order valence-electron chi connectivity index (χ1n) is 12.1. The standard InChI is InChI=1S/C29H33NO7/c1-33-19-35-26-25(31)24(30-28(32)27(26)36-20-34-2)18-37-29(21-12-6-3-7-13-21,22-14-8-4-9-15-22)23-16-10-5-11-17-23/h3-17,24-27,31H,18-20H2,1-2H3,(H,30,32)/t24-,25+,26-,27+/m1/s1. The minimum Gasteiger partial charge on any atom is -0.388 e. The van der Waals surface area contributed by atoms with Gasteiger partial charge in [-0.15, -0.1) is 0 Å². The van der Waals surface area contributed by atoms with Crippen molar-refractivity contribution in [2.45, 2.75) is 30.0 Å². The normalized spacial score (nSPS) is 22.0. The van der Waals surface area contributed by atoms with Crippen LogP contribution in [0, 0.1) is 0 Å². The second-order valence-electron chi connectivity index (χ2n) is 8.73. The highest BCUT2D eigenvalue weighted by molar-refractivity contribution is 5.83. The van der Waals surface area contributed by atoms with Crippen LogP contribution >= 0.6 is 0 Å². The minimum absolute atomic E-state index is 0.00453. The summed E-state index contributed by atoms with van der Waals surface area (Å²) >= 11 is 0. The van der Waals surface area contributed by atoms with E-state index in [2.05, 4.69) is 5.32 Å². The molecule has 1 heterocycles. The summed E-state index contributed by atoms with van der Waals surface area (Å²) in [6.07, 6.45) is -3.17. The molecule has 3 aromatic carbocycles. The number of methoxy groups -OCH3 is 2. The Morgan fingerprint density at radius 2 is 1.22 bits per heavy atom. The molecular formula is C29H33NO7. The fourth-order valence-corrected chi connectivity index (χ4v) is 4.68. The van der Waals surface area contributed by atoms with Gasteiger partial charge >= 0.3 is 0 Å². The maximum atomic E-state index is 13.0. The largest absolute Gasteiger partial charge is 0.388 e. The van der Waals surface area contributed by atoms with Crippen LogP contribution in [0.5, 0.6) is 0 Å². The van der Waals surface area contributed by atoms with Crippen LogP contribution in [0.1, 0.15) is 16.7 Å². The van der Waals surface area contributed by atoms with E-state index in [1.807, 2.05) is 91.0 Å². The number of benzene rings is 3. The zero-order chi connectivity index (χ0) is 26.1. The van der Waals surface area contributed by atoms with E-state index < -0.39 is 35.9 Å². The Hall–Kier alpha value is -3.11. The van der Waals surface area contributed by atoms with Crippen molar-refractivity contribution >= 4 is 5.91 Å². The van der Waals surface area contributed by atoms with Gasteiger partial charge in [-0.05, 0) is 16.7 Å². The van der Waals surface area contributed by atoms with Gasteiger partial charge in [0.1, 0.15) is 31.4 Å². The zero-order valence-corrected chi connectivity index (χ0v) is 21.0. The van der Waals surface area contributed by atoms with Gasteiger partial charge < -0.3 is 34.1 Å². The van der Waals surface area contributed by atoms with Crippen molar-refractivity contribution in [2.75, 3.05) is 34.4 Å². The van der Waals surface area contributed by atoms with E-state index in [1.165, 1.54) is 14.2 Å². The first kappa shape index (κ1) is 26.9. The van der Waals surface area contributed by atoms with Gasteiger partial charge in [-0.1, -0.05) is 91.0 Å². The third-order valence-corrected chi connectivity index (χ3v) is 6.40. The van der Waals surface area contributed by atoms with Crippen LogP contribution in [-0.2, 0) is 34.1 Å². The molecule has 1 aliphatic heterocycles. The average Bonchev–Trinajstić information content (AvgIpc) is 2.95. The molecule has 4 rings (SSSR count). The summed E-state index contributed by atoms with van der Waals surface area (Å²) in [6.45, 7) is -0.245. The van der Waals surface area contributed by atoms with E-state index in [0.717, 1.165) is 16.7 Å². The average molecular weight is 508 g/mol. The number of carbonyl (C=O) groups is 1. The van der Waals surface area contributed by atoms with Crippen molar-refractivity contribution in [3.05, 3.63) is 108 Å². The van der Waals surface area contributed by atoms with Crippen molar-refractivity contribution in [1.82, 2.24) is 5.32 Å². The third kappa shape index (κ3) is 5.91. The number of nitrogens with one attached hydrogen (secondary N) is 1. The Balaban J connectivity index is 1.69. The van der Waals surface area contributed by atoms with Crippen molar-refractivity contribution in [3.8, 4) is 0 Å². The van der Waals surface area contributed by atoms with E-state index in [1.54, 1.807) is 0 Å². The maximum Gasteiger partial charge on any atom is 0.252 e. The molecule has 3 aromatic rings. The van der Waals surface area contributed by atoms with Gasteiger partial charge in [-0.2, -0.15) is 0 Å². The van der Waals surface area contributed by atoms with Gasteiger partial charge in [0, 0.05) is 14.2 Å². The smallest absolute Gasteiger partial charge is 0.252 e. The van der Waals surface area contributed by atoms with E-state index in [0.29, 0.717) is 0 Å². The molecule has 0 saturated carbocycles. The molecule has 37 heavy (non-hydrogen) atoms. The predicted molar refractivity (Wildman–Crippen MR) is 137 cm³/mol. The van der Waals surface area contributed by atoms with Gasteiger partial charge in [-0.25, -0.2) is 0 Å². The molecule has 0 aliphatic carbocycles. The van der Waals surface area contributed by atoms with Gasteiger partial charge in [-0.3, -0.25) is 4.79 Å². The Morgan fingerprint density at radius 1 is 0.757 bits per heavy atom. The second kappa shape index (κ2) is 12.9. The summed E-state index contributed by atoms with van der Waals surface area (Å²) in [5.74, 6) is -0.429. The summed E-state index contributed by atoms with van der Waals surface area (Å²) in [7, 11) is 2.92. The number of amides is 1. The molecule has 1 saturated heterocycles. The highest BCUT2D eigenvalue weighted by Crippen LogP contribution is 2.40. The first-order chi connectivity index (χ1) is 18.1. The number of carbonyl (C=O) groups excluding carboxylic acids is 1. The second-order valence-corrected chi connectivity index (χ2v) is 8.73. The van der Waals surface area contributed by atoms with Crippen molar-refractivity contribution in [3.63, 3.8) is 0 Å². The van der Waals surface area contributed by atoms with E-state index >= 15 is 0 Å². The molecule has 0 unspecified atom stereocenters. The first-order valence-corrected chi connectivity index (χ1v) is 12.1. The molecule has 4 atom stereocenters. The van der Waals surface area contributed by atoms with Crippen LogP contribution in [0.15, 0.2) is 91.0 Å². The van der Waals surface area contributed by atoms with E-state index in [-0.39, 0.29) is 20.2 Å².